The Labute approximate surface area is 91.3 Å². The molecule has 0 spiro atoms. The maximum atomic E-state index is 11.1. The minimum absolute atomic E-state index is 0.134. The van der Waals surface area contributed by atoms with Crippen molar-refractivity contribution >= 4 is 5.97 Å². The van der Waals surface area contributed by atoms with Gasteiger partial charge in [0.2, 0.25) is 0 Å². The lowest BCUT2D eigenvalue weighted by atomic mass is 10.1. The minimum atomic E-state index is -1.40. The molecule has 2 atom stereocenters. The van der Waals surface area contributed by atoms with Crippen molar-refractivity contribution in [3.05, 3.63) is 0 Å². The van der Waals surface area contributed by atoms with E-state index in [0.29, 0.717) is 0 Å². The highest BCUT2D eigenvalue weighted by molar-refractivity contribution is 5.74. The predicted octanol–water partition coefficient (Wildman–Crippen LogP) is 1.24. The van der Waals surface area contributed by atoms with Crippen molar-refractivity contribution in [3.8, 4) is 0 Å². The van der Waals surface area contributed by atoms with Crippen LogP contribution in [-0.4, -0.2) is 35.0 Å². The van der Waals surface area contributed by atoms with E-state index in [1.165, 1.54) is 0 Å². The molecule has 0 heterocycles. The molecule has 15 heavy (non-hydrogen) atoms. The van der Waals surface area contributed by atoms with Crippen LogP contribution in [0, 0.1) is 0 Å². The molecular formula is C11H22O4. The molecule has 90 valence electrons. The molecule has 0 fully saturated rings. The van der Waals surface area contributed by atoms with Crippen LogP contribution in [-0.2, 0) is 9.53 Å². The van der Waals surface area contributed by atoms with E-state index in [1.807, 2.05) is 6.92 Å². The van der Waals surface area contributed by atoms with Crippen LogP contribution in [0.5, 0.6) is 0 Å². The molecule has 0 saturated heterocycles. The average Bonchev–Trinajstić information content (AvgIpc) is 2.26. The summed E-state index contributed by atoms with van der Waals surface area (Å²) in [6.07, 6.45) is 3.31. The third-order valence-electron chi connectivity index (χ3n) is 2.31. The van der Waals surface area contributed by atoms with Crippen LogP contribution in [0.15, 0.2) is 0 Å². The summed E-state index contributed by atoms with van der Waals surface area (Å²) in [6.45, 7) is 3.47. The first kappa shape index (κ1) is 14.4. The fourth-order valence-corrected chi connectivity index (χ4v) is 1.29. The summed E-state index contributed by atoms with van der Waals surface area (Å²) in [5.41, 5.74) is 0. The van der Waals surface area contributed by atoms with Gasteiger partial charge in [0.15, 0.2) is 6.10 Å². The number of hydrogen-bond donors (Lipinski definition) is 2. The standard InChI is InChI=1S/C11H22O4/c1-3-5-6-7-9(4-2)15-11(14)10(13)8-12/h9-10,12-13H,3-8H2,1-2H3. The molecule has 0 aromatic heterocycles. The summed E-state index contributed by atoms with van der Waals surface area (Å²) in [5, 5.41) is 17.6. The lowest BCUT2D eigenvalue weighted by Crippen LogP contribution is -2.30. The number of unbranched alkanes of at least 4 members (excludes halogenated alkanes) is 2. The van der Waals surface area contributed by atoms with E-state index in [9.17, 15) is 4.79 Å². The van der Waals surface area contributed by atoms with E-state index in [1.54, 1.807) is 0 Å². The number of aliphatic hydroxyl groups is 2. The van der Waals surface area contributed by atoms with E-state index in [-0.39, 0.29) is 6.10 Å². The Morgan fingerprint density at radius 3 is 2.47 bits per heavy atom. The predicted molar refractivity (Wildman–Crippen MR) is 57.4 cm³/mol. The highest BCUT2D eigenvalue weighted by Gasteiger charge is 2.19. The van der Waals surface area contributed by atoms with Crippen LogP contribution in [0.4, 0.5) is 0 Å². The zero-order valence-corrected chi connectivity index (χ0v) is 9.61. The SMILES string of the molecule is CCCCCC(CC)OC(=O)C(O)CO. The van der Waals surface area contributed by atoms with Crippen LogP contribution in [0.1, 0.15) is 46.0 Å². The number of carbonyl (C=O) groups is 1. The summed E-state index contributed by atoms with van der Waals surface area (Å²) >= 11 is 0. The lowest BCUT2D eigenvalue weighted by Gasteiger charge is -2.17. The van der Waals surface area contributed by atoms with Crippen molar-refractivity contribution in [1.29, 1.82) is 0 Å². The lowest BCUT2D eigenvalue weighted by molar-refractivity contribution is -0.161. The number of hydrogen-bond acceptors (Lipinski definition) is 4. The summed E-state index contributed by atoms with van der Waals surface area (Å²) in [6, 6.07) is 0. The van der Waals surface area contributed by atoms with E-state index in [2.05, 4.69) is 6.92 Å². The van der Waals surface area contributed by atoms with Crippen LogP contribution < -0.4 is 0 Å². The third-order valence-corrected chi connectivity index (χ3v) is 2.31. The van der Waals surface area contributed by atoms with E-state index >= 15 is 0 Å². The van der Waals surface area contributed by atoms with Crippen molar-refractivity contribution in [2.75, 3.05) is 6.61 Å². The van der Waals surface area contributed by atoms with Gasteiger partial charge >= 0.3 is 5.97 Å². The molecule has 0 saturated carbocycles. The molecular weight excluding hydrogens is 196 g/mol. The molecule has 0 aromatic rings. The Balaban J connectivity index is 3.82. The molecule has 0 rings (SSSR count). The molecule has 0 aliphatic heterocycles. The Bertz CT molecular complexity index is 170. The third kappa shape index (κ3) is 6.47. The second-order valence-electron chi connectivity index (χ2n) is 3.66. The first-order chi connectivity index (χ1) is 7.15. The van der Waals surface area contributed by atoms with Crippen molar-refractivity contribution in [2.45, 2.75) is 58.2 Å². The molecule has 0 amide bonds. The Morgan fingerprint density at radius 1 is 1.33 bits per heavy atom. The Morgan fingerprint density at radius 2 is 2.00 bits per heavy atom. The number of carbonyl (C=O) groups excluding carboxylic acids is 1. The van der Waals surface area contributed by atoms with Crippen LogP contribution >= 0.6 is 0 Å². The number of ether oxygens (including phenoxy) is 1. The maximum absolute atomic E-state index is 11.1. The zero-order valence-electron chi connectivity index (χ0n) is 9.61. The van der Waals surface area contributed by atoms with Crippen molar-refractivity contribution < 1.29 is 19.7 Å². The zero-order chi connectivity index (χ0) is 11.7. The van der Waals surface area contributed by atoms with E-state index < -0.39 is 18.7 Å². The first-order valence-electron chi connectivity index (χ1n) is 5.65. The Hall–Kier alpha value is -0.610. The quantitative estimate of drug-likeness (QED) is 0.475. The molecule has 0 aliphatic carbocycles. The smallest absolute Gasteiger partial charge is 0.337 e. The van der Waals surface area contributed by atoms with Gasteiger partial charge in [-0.1, -0.05) is 26.7 Å². The van der Waals surface area contributed by atoms with Crippen LogP contribution in [0.25, 0.3) is 0 Å². The van der Waals surface area contributed by atoms with Gasteiger partial charge in [0, 0.05) is 0 Å². The normalized spacial score (nSPS) is 14.7. The highest BCUT2D eigenvalue weighted by atomic mass is 16.6. The van der Waals surface area contributed by atoms with Gasteiger partial charge < -0.3 is 14.9 Å². The Kier molecular flexibility index (Phi) is 8.33. The fraction of sp³-hybridized carbons (Fsp3) is 0.909. The number of rotatable bonds is 8. The highest BCUT2D eigenvalue weighted by Crippen LogP contribution is 2.10. The second kappa shape index (κ2) is 8.68. The van der Waals surface area contributed by atoms with Crippen LogP contribution in [0.3, 0.4) is 0 Å². The van der Waals surface area contributed by atoms with E-state index in [4.69, 9.17) is 14.9 Å². The topological polar surface area (TPSA) is 66.8 Å². The maximum Gasteiger partial charge on any atom is 0.337 e. The van der Waals surface area contributed by atoms with E-state index in [0.717, 1.165) is 32.1 Å². The molecule has 2 N–H and O–H groups in total. The van der Waals surface area contributed by atoms with Gasteiger partial charge in [-0.25, -0.2) is 4.79 Å². The van der Waals surface area contributed by atoms with Crippen molar-refractivity contribution in [1.82, 2.24) is 0 Å². The van der Waals surface area contributed by atoms with Gasteiger partial charge in [0.05, 0.1) is 6.61 Å². The summed E-state index contributed by atoms with van der Waals surface area (Å²) < 4.78 is 5.05. The molecule has 2 unspecified atom stereocenters. The largest absolute Gasteiger partial charge is 0.460 e. The number of esters is 1. The summed E-state index contributed by atoms with van der Waals surface area (Å²) in [7, 11) is 0. The molecule has 4 nitrogen and oxygen atoms in total. The average molecular weight is 218 g/mol. The molecule has 0 aliphatic rings. The second-order valence-corrected chi connectivity index (χ2v) is 3.66. The summed E-state index contributed by atoms with van der Waals surface area (Å²) in [4.78, 5) is 11.1. The monoisotopic (exact) mass is 218 g/mol. The minimum Gasteiger partial charge on any atom is -0.460 e. The number of aliphatic hydroxyl groups excluding tert-OH is 2. The van der Waals surface area contributed by atoms with Crippen molar-refractivity contribution in [2.24, 2.45) is 0 Å². The van der Waals surface area contributed by atoms with Gasteiger partial charge in [0.25, 0.3) is 0 Å². The summed E-state index contributed by atoms with van der Waals surface area (Å²) in [5.74, 6) is -0.721. The fourth-order valence-electron chi connectivity index (χ4n) is 1.29. The van der Waals surface area contributed by atoms with Crippen LogP contribution in [0.2, 0.25) is 0 Å². The van der Waals surface area contributed by atoms with Gasteiger partial charge in [-0.2, -0.15) is 0 Å². The van der Waals surface area contributed by atoms with Gasteiger partial charge in [0.1, 0.15) is 6.10 Å². The molecule has 0 aromatic carbocycles. The van der Waals surface area contributed by atoms with Gasteiger partial charge in [-0.15, -0.1) is 0 Å². The van der Waals surface area contributed by atoms with Gasteiger partial charge in [-0.3, -0.25) is 0 Å². The molecule has 0 radical (unpaired) electrons. The molecule has 0 bridgehead atoms. The van der Waals surface area contributed by atoms with Gasteiger partial charge in [-0.05, 0) is 19.3 Å². The first-order valence-corrected chi connectivity index (χ1v) is 5.65. The van der Waals surface area contributed by atoms with Crippen molar-refractivity contribution in [3.63, 3.8) is 0 Å². The molecule has 4 heteroatoms.